The van der Waals surface area contributed by atoms with Crippen LogP contribution in [0, 0.1) is 22.2 Å². The lowest BCUT2D eigenvalue weighted by Crippen LogP contribution is -2.54. The topological polar surface area (TPSA) is 128 Å². The van der Waals surface area contributed by atoms with Crippen molar-refractivity contribution in [2.24, 2.45) is 10.8 Å². The maximum absolute atomic E-state index is 14.5. The van der Waals surface area contributed by atoms with Crippen LogP contribution in [-0.4, -0.2) is 77.1 Å². The van der Waals surface area contributed by atoms with Gasteiger partial charge in [0.2, 0.25) is 5.91 Å². The summed E-state index contributed by atoms with van der Waals surface area (Å²) in [6.07, 6.45) is 13.8. The van der Waals surface area contributed by atoms with Gasteiger partial charge in [0, 0.05) is 54.6 Å². The Kier molecular flexibility index (Phi) is 12.2. The van der Waals surface area contributed by atoms with Gasteiger partial charge in [0.15, 0.2) is 0 Å². The van der Waals surface area contributed by atoms with Crippen LogP contribution >= 0.6 is 11.6 Å². The molecule has 278 valence electrons. The Bertz CT molecular complexity index is 1880. The van der Waals surface area contributed by atoms with Crippen molar-refractivity contribution in [1.29, 1.82) is 5.26 Å². The maximum Gasteiger partial charge on any atom is 0.320 e. The van der Waals surface area contributed by atoms with Gasteiger partial charge in [-0.3, -0.25) is 19.5 Å². The number of nitriles is 1. The molecule has 1 unspecified atom stereocenters. The number of aliphatic carboxylic acids is 1. The average molecular weight is 738 g/mol. The molecule has 11 heteroatoms. The number of halogens is 1. The van der Waals surface area contributed by atoms with Crippen molar-refractivity contribution in [1.82, 2.24) is 20.1 Å². The van der Waals surface area contributed by atoms with Crippen LogP contribution in [0.15, 0.2) is 79.2 Å². The molecule has 3 aliphatic rings. The normalized spacial score (nSPS) is 21.4. The zero-order valence-corrected chi connectivity index (χ0v) is 31.3. The second kappa shape index (κ2) is 17.0. The summed E-state index contributed by atoms with van der Waals surface area (Å²) in [7, 11) is 0. The number of carbonyl (C=O) groups is 2. The molecule has 2 saturated heterocycles. The lowest BCUT2D eigenvalue weighted by Gasteiger charge is -2.46. The molecule has 1 aromatic heterocycles. The van der Waals surface area contributed by atoms with E-state index in [1.807, 2.05) is 35.3 Å². The number of benzene rings is 2. The molecule has 0 saturated carbocycles. The molecule has 2 aromatic carbocycles. The summed E-state index contributed by atoms with van der Waals surface area (Å²) in [5.74, 6) is -0.173. The summed E-state index contributed by atoms with van der Waals surface area (Å²) < 4.78 is 13.0. The first-order chi connectivity index (χ1) is 25.6. The molecule has 2 atom stereocenters. The Labute approximate surface area is 317 Å². The Morgan fingerprint density at radius 3 is 2.57 bits per heavy atom. The van der Waals surface area contributed by atoms with E-state index in [1.165, 1.54) is 19.0 Å². The first-order valence-corrected chi connectivity index (χ1v) is 18.8. The number of hydrogen-bond donors (Lipinski definition) is 2. The first-order valence-electron chi connectivity index (χ1n) is 18.5. The van der Waals surface area contributed by atoms with Crippen LogP contribution in [0.1, 0.15) is 68.2 Å². The van der Waals surface area contributed by atoms with E-state index >= 15 is 0 Å². The number of nitrogens with one attached hydrogen (secondary N) is 1. The van der Waals surface area contributed by atoms with Crippen LogP contribution in [-0.2, 0) is 22.7 Å². The SMILES string of the molecule is CC1(C)C(c2ccccc2)=CC=CC1(COc1cc(OCc2cncc(C#N)c2)c(CN2CCCC[C@H]2C(=O)O)cc1Cl)C(=O)NCCN1CCCC1. The smallest absolute Gasteiger partial charge is 0.320 e. The van der Waals surface area contributed by atoms with Crippen LogP contribution in [0.2, 0.25) is 5.02 Å². The van der Waals surface area contributed by atoms with Gasteiger partial charge in [-0.05, 0) is 68.6 Å². The monoisotopic (exact) mass is 737 g/mol. The van der Waals surface area contributed by atoms with Gasteiger partial charge in [-0.1, -0.05) is 80.4 Å². The number of ether oxygens (including phenoxy) is 2. The number of carboxylic acids is 1. The summed E-state index contributed by atoms with van der Waals surface area (Å²) in [5, 5.41) is 22.9. The van der Waals surface area contributed by atoms with Crippen molar-refractivity contribution in [3.05, 3.63) is 106 Å². The summed E-state index contributed by atoms with van der Waals surface area (Å²) in [6, 6.07) is 16.8. The Hall–Kier alpha value is -4.69. The summed E-state index contributed by atoms with van der Waals surface area (Å²) in [6.45, 7) is 8.63. The molecule has 1 amide bonds. The highest BCUT2D eigenvalue weighted by atomic mass is 35.5. The molecule has 53 heavy (non-hydrogen) atoms. The molecule has 0 radical (unpaired) electrons. The van der Waals surface area contributed by atoms with Crippen molar-refractivity contribution in [3.8, 4) is 17.6 Å². The maximum atomic E-state index is 14.5. The fraction of sp³-hybridized carbons (Fsp3) is 0.429. The molecular formula is C42H48ClN5O5. The number of piperidine rings is 1. The van der Waals surface area contributed by atoms with Crippen LogP contribution in [0.4, 0.5) is 0 Å². The number of nitrogens with zero attached hydrogens (tertiary/aromatic N) is 4. The third kappa shape index (κ3) is 8.59. The van der Waals surface area contributed by atoms with Gasteiger partial charge in [0.1, 0.15) is 42.2 Å². The molecule has 1 aliphatic carbocycles. The molecule has 0 spiro atoms. The van der Waals surface area contributed by atoms with Crippen molar-refractivity contribution in [3.63, 3.8) is 0 Å². The standard InChI is InChI=1S/C42H48ClN5O5/c1-41(2)34(32-11-4-3-5-12-32)13-10-15-42(41,40(51)46-16-20-47-17-8-9-18-47)29-53-38-23-37(52-28-31-21-30(24-44)25-45-26-31)33(22-35(38)43)27-48-19-7-6-14-36(48)39(49)50/h3-5,10-13,15,21-23,25-26,36H,6-9,14,16-20,27-29H2,1-2H3,(H,46,51)(H,49,50)/t36-,42?/m0/s1. The van der Waals surface area contributed by atoms with E-state index in [2.05, 4.69) is 53.3 Å². The van der Waals surface area contributed by atoms with Crippen molar-refractivity contribution in [2.75, 3.05) is 39.3 Å². The molecule has 2 N–H and O–H groups in total. The van der Waals surface area contributed by atoms with Gasteiger partial charge in [0.05, 0.1) is 10.6 Å². The molecule has 3 aromatic rings. The van der Waals surface area contributed by atoms with Gasteiger partial charge in [0.25, 0.3) is 0 Å². The number of rotatable bonds is 14. The van der Waals surface area contributed by atoms with Crippen LogP contribution in [0.3, 0.4) is 0 Å². The predicted octanol–water partition coefficient (Wildman–Crippen LogP) is 6.88. The molecule has 10 nitrogen and oxygen atoms in total. The second-order valence-corrected chi connectivity index (χ2v) is 15.1. The zero-order valence-electron chi connectivity index (χ0n) is 30.5. The number of amides is 1. The summed E-state index contributed by atoms with van der Waals surface area (Å²) >= 11 is 6.97. The van der Waals surface area contributed by atoms with Crippen LogP contribution in [0.25, 0.3) is 5.57 Å². The molecular weight excluding hydrogens is 690 g/mol. The quantitative estimate of drug-likeness (QED) is 0.182. The summed E-state index contributed by atoms with van der Waals surface area (Å²) in [4.78, 5) is 35.1. The fourth-order valence-electron chi connectivity index (χ4n) is 7.79. The highest BCUT2D eigenvalue weighted by Gasteiger charge is 2.53. The zero-order chi connectivity index (χ0) is 37.4. The number of carboxylic acid groups (broad SMARTS) is 1. The Morgan fingerprint density at radius 1 is 1.04 bits per heavy atom. The van der Waals surface area contributed by atoms with E-state index in [9.17, 15) is 20.0 Å². The van der Waals surface area contributed by atoms with E-state index in [4.69, 9.17) is 21.1 Å². The van der Waals surface area contributed by atoms with E-state index in [0.717, 1.165) is 43.6 Å². The van der Waals surface area contributed by atoms with Gasteiger partial charge in [-0.25, -0.2) is 0 Å². The molecule has 0 bridgehead atoms. The minimum absolute atomic E-state index is 0.00389. The van der Waals surface area contributed by atoms with Gasteiger partial charge >= 0.3 is 5.97 Å². The van der Waals surface area contributed by atoms with Crippen molar-refractivity contribution < 1.29 is 24.2 Å². The predicted molar refractivity (Wildman–Crippen MR) is 204 cm³/mol. The molecule has 6 rings (SSSR count). The number of pyridine rings is 1. The minimum Gasteiger partial charge on any atom is -0.490 e. The first kappa shape index (κ1) is 38.0. The second-order valence-electron chi connectivity index (χ2n) is 14.7. The largest absolute Gasteiger partial charge is 0.490 e. The van der Waals surface area contributed by atoms with Crippen LogP contribution in [0.5, 0.6) is 11.5 Å². The third-order valence-corrected chi connectivity index (χ3v) is 11.3. The van der Waals surface area contributed by atoms with Gasteiger partial charge in [-0.15, -0.1) is 0 Å². The average Bonchev–Trinajstić information content (AvgIpc) is 3.68. The third-order valence-electron chi connectivity index (χ3n) is 11.0. The fourth-order valence-corrected chi connectivity index (χ4v) is 8.03. The number of carbonyl (C=O) groups excluding carboxylic acids is 1. The number of hydrogen-bond acceptors (Lipinski definition) is 8. The van der Waals surface area contributed by atoms with Crippen molar-refractivity contribution >= 4 is 29.1 Å². The molecule has 2 fully saturated rings. The number of allylic oxidation sites excluding steroid dienone is 3. The van der Waals surface area contributed by atoms with E-state index in [-0.39, 0.29) is 19.1 Å². The molecule has 2 aliphatic heterocycles. The lowest BCUT2D eigenvalue weighted by molar-refractivity contribution is -0.145. The Morgan fingerprint density at radius 2 is 1.81 bits per heavy atom. The minimum atomic E-state index is -1.10. The molecule has 3 heterocycles. The van der Waals surface area contributed by atoms with E-state index in [1.54, 1.807) is 24.4 Å². The Balaban J connectivity index is 1.31. The van der Waals surface area contributed by atoms with Gasteiger partial charge in [-0.2, -0.15) is 5.26 Å². The van der Waals surface area contributed by atoms with Crippen LogP contribution < -0.4 is 14.8 Å². The number of likely N-dealkylation sites (tertiary alicyclic amines) is 2. The lowest BCUT2D eigenvalue weighted by atomic mass is 9.58. The van der Waals surface area contributed by atoms with Gasteiger partial charge < -0.3 is 24.8 Å². The highest BCUT2D eigenvalue weighted by molar-refractivity contribution is 6.32. The summed E-state index contributed by atoms with van der Waals surface area (Å²) in [5.41, 5.74) is 2.08. The van der Waals surface area contributed by atoms with E-state index < -0.39 is 22.8 Å². The van der Waals surface area contributed by atoms with E-state index in [0.29, 0.717) is 59.3 Å². The van der Waals surface area contributed by atoms with Crippen molar-refractivity contribution in [2.45, 2.75) is 65.1 Å². The highest BCUT2D eigenvalue weighted by Crippen LogP contribution is 2.53. The number of aromatic nitrogens is 1.